The molecule has 1 amide bonds. The van der Waals surface area contributed by atoms with E-state index in [0.717, 1.165) is 58.4 Å². The molecule has 1 aliphatic rings. The summed E-state index contributed by atoms with van der Waals surface area (Å²) in [5.41, 5.74) is 3.73. The molecule has 2 aromatic heterocycles. The lowest BCUT2D eigenvalue weighted by atomic mass is 9.95. The van der Waals surface area contributed by atoms with Gasteiger partial charge in [-0.1, -0.05) is 26.2 Å². The summed E-state index contributed by atoms with van der Waals surface area (Å²) >= 11 is 1.59. The molecule has 1 unspecified atom stereocenters. The van der Waals surface area contributed by atoms with Crippen LogP contribution in [0.3, 0.4) is 0 Å². The van der Waals surface area contributed by atoms with Gasteiger partial charge in [-0.3, -0.25) is 4.79 Å². The molecule has 4 rings (SSSR count). The number of aromatic nitrogens is 2. The summed E-state index contributed by atoms with van der Waals surface area (Å²) < 4.78 is 13.5. The van der Waals surface area contributed by atoms with E-state index in [4.69, 9.17) is 14.5 Å². The van der Waals surface area contributed by atoms with E-state index in [-0.39, 0.29) is 11.9 Å². The first-order chi connectivity index (χ1) is 16.5. The fourth-order valence-corrected chi connectivity index (χ4v) is 5.27. The van der Waals surface area contributed by atoms with Crippen molar-refractivity contribution in [2.24, 2.45) is 0 Å². The molecule has 0 bridgehead atoms. The fraction of sp³-hybridized carbons (Fsp3) is 0.481. The molecule has 2 heterocycles. The first kappa shape index (κ1) is 24.3. The molecule has 1 atom stereocenters. The van der Waals surface area contributed by atoms with E-state index in [1.54, 1.807) is 18.4 Å². The van der Waals surface area contributed by atoms with Gasteiger partial charge in [-0.15, -0.1) is 11.3 Å². The average molecular weight is 482 g/mol. The summed E-state index contributed by atoms with van der Waals surface area (Å²) in [6, 6.07) is 10.2. The largest absolute Gasteiger partial charge is 0.497 e. The Morgan fingerprint density at radius 2 is 1.91 bits per heavy atom. The van der Waals surface area contributed by atoms with Gasteiger partial charge in [0.15, 0.2) is 0 Å². The van der Waals surface area contributed by atoms with Gasteiger partial charge in [-0.2, -0.15) is 0 Å². The molecular weight excluding hydrogens is 446 g/mol. The number of methoxy groups -OCH3 is 1. The lowest BCUT2D eigenvalue weighted by Gasteiger charge is -2.27. The number of carbonyl (C=O) groups excluding carboxylic acids is 1. The second-order valence-electron chi connectivity index (χ2n) is 9.06. The van der Waals surface area contributed by atoms with Crippen LogP contribution in [0.1, 0.15) is 79.5 Å². The van der Waals surface area contributed by atoms with Gasteiger partial charge in [0.1, 0.15) is 23.1 Å². The van der Waals surface area contributed by atoms with Crippen molar-refractivity contribution in [3.8, 4) is 22.9 Å². The number of carbonyl (C=O) groups is 1. The summed E-state index contributed by atoms with van der Waals surface area (Å²) in [6.07, 6.45) is 6.95. The minimum atomic E-state index is 0.000881. The van der Waals surface area contributed by atoms with Crippen LogP contribution in [0.25, 0.3) is 11.4 Å². The van der Waals surface area contributed by atoms with Crippen molar-refractivity contribution in [3.05, 3.63) is 52.0 Å². The number of hydrogen-bond acceptors (Lipinski definition) is 5. The standard InChI is InChI=1S/C27H35N3O3S/c1-5-18(2)28-27(31)23-15-25(30(19(23)3)20-9-7-6-8-10-20)24-17-34-26(29-24)16-33-22-13-11-21(32-4)12-14-22/h11-15,17-18,20H,5-10,16H2,1-4H3,(H,28,31). The van der Waals surface area contributed by atoms with Crippen molar-refractivity contribution < 1.29 is 14.3 Å². The molecule has 182 valence electrons. The van der Waals surface area contributed by atoms with E-state index in [2.05, 4.69) is 29.1 Å². The second-order valence-corrected chi connectivity index (χ2v) is 10.0. The first-order valence-electron chi connectivity index (χ1n) is 12.2. The van der Waals surface area contributed by atoms with E-state index in [0.29, 0.717) is 12.6 Å². The zero-order valence-electron chi connectivity index (χ0n) is 20.6. The van der Waals surface area contributed by atoms with E-state index >= 15 is 0 Å². The Kier molecular flexibility index (Phi) is 7.93. The van der Waals surface area contributed by atoms with E-state index in [1.807, 2.05) is 37.3 Å². The van der Waals surface area contributed by atoms with Gasteiger partial charge in [-0.05, 0) is 63.4 Å². The van der Waals surface area contributed by atoms with Gasteiger partial charge in [0, 0.05) is 23.2 Å². The molecular formula is C27H35N3O3S. The number of ether oxygens (including phenoxy) is 2. The molecule has 6 nitrogen and oxygen atoms in total. The molecule has 0 saturated heterocycles. The Balaban J connectivity index is 1.58. The van der Waals surface area contributed by atoms with Crippen molar-refractivity contribution in [3.63, 3.8) is 0 Å². The third-order valence-electron chi connectivity index (χ3n) is 6.70. The zero-order chi connectivity index (χ0) is 24.1. The highest BCUT2D eigenvalue weighted by atomic mass is 32.1. The topological polar surface area (TPSA) is 65.4 Å². The minimum Gasteiger partial charge on any atom is -0.497 e. The molecule has 0 aliphatic heterocycles. The molecule has 1 aromatic carbocycles. The fourth-order valence-electron chi connectivity index (χ4n) is 4.57. The van der Waals surface area contributed by atoms with E-state index < -0.39 is 0 Å². The Labute approximate surface area is 206 Å². The van der Waals surface area contributed by atoms with Crippen LogP contribution in [0.4, 0.5) is 0 Å². The number of nitrogens with one attached hydrogen (secondary N) is 1. The lowest BCUT2D eigenvalue weighted by Crippen LogP contribution is -2.32. The molecule has 0 spiro atoms. The third-order valence-corrected chi connectivity index (χ3v) is 7.52. The molecule has 0 radical (unpaired) electrons. The summed E-state index contributed by atoms with van der Waals surface area (Å²) in [7, 11) is 1.65. The quantitative estimate of drug-likeness (QED) is 0.377. The highest BCUT2D eigenvalue weighted by Gasteiger charge is 2.26. The molecule has 1 saturated carbocycles. The maximum absolute atomic E-state index is 13.1. The van der Waals surface area contributed by atoms with Crippen molar-refractivity contribution >= 4 is 17.2 Å². The number of thiazole rings is 1. The van der Waals surface area contributed by atoms with Gasteiger partial charge in [0.05, 0.1) is 24.1 Å². The summed E-state index contributed by atoms with van der Waals surface area (Å²) in [6.45, 7) is 6.61. The van der Waals surface area contributed by atoms with Crippen molar-refractivity contribution in [2.45, 2.75) is 78.0 Å². The first-order valence-corrected chi connectivity index (χ1v) is 13.1. The molecule has 1 fully saturated rings. The maximum Gasteiger partial charge on any atom is 0.253 e. The number of hydrogen-bond donors (Lipinski definition) is 1. The lowest BCUT2D eigenvalue weighted by molar-refractivity contribution is 0.0938. The Morgan fingerprint density at radius 1 is 1.21 bits per heavy atom. The number of rotatable bonds is 9. The second kappa shape index (κ2) is 11.1. The van der Waals surface area contributed by atoms with Crippen molar-refractivity contribution in [2.75, 3.05) is 7.11 Å². The average Bonchev–Trinajstić information content (AvgIpc) is 3.47. The Hall–Kier alpha value is -2.80. The van der Waals surface area contributed by atoms with Crippen LogP contribution < -0.4 is 14.8 Å². The molecule has 3 aromatic rings. The predicted octanol–water partition coefficient (Wildman–Crippen LogP) is 6.54. The summed E-state index contributed by atoms with van der Waals surface area (Å²) in [4.78, 5) is 17.9. The number of nitrogens with zero attached hydrogens (tertiary/aromatic N) is 2. The Morgan fingerprint density at radius 3 is 2.59 bits per heavy atom. The number of amides is 1. The zero-order valence-corrected chi connectivity index (χ0v) is 21.4. The van der Waals surface area contributed by atoms with Gasteiger partial charge >= 0.3 is 0 Å². The molecule has 1 N–H and O–H groups in total. The van der Waals surface area contributed by atoms with E-state index in [1.165, 1.54) is 19.3 Å². The molecule has 1 aliphatic carbocycles. The van der Waals surface area contributed by atoms with Crippen LogP contribution in [0.2, 0.25) is 0 Å². The van der Waals surface area contributed by atoms with Crippen LogP contribution in [0.15, 0.2) is 35.7 Å². The highest BCUT2D eigenvalue weighted by Crippen LogP contribution is 2.37. The number of benzene rings is 1. The monoisotopic (exact) mass is 481 g/mol. The predicted molar refractivity (Wildman–Crippen MR) is 137 cm³/mol. The van der Waals surface area contributed by atoms with Crippen LogP contribution in [-0.2, 0) is 6.61 Å². The van der Waals surface area contributed by atoms with Crippen LogP contribution in [0.5, 0.6) is 11.5 Å². The van der Waals surface area contributed by atoms with Gasteiger partial charge in [-0.25, -0.2) is 4.98 Å². The SMILES string of the molecule is CCC(C)NC(=O)c1cc(-c2csc(COc3ccc(OC)cc3)n2)n(C2CCCCC2)c1C. The van der Waals surface area contributed by atoms with Gasteiger partial charge in [0.25, 0.3) is 5.91 Å². The van der Waals surface area contributed by atoms with E-state index in [9.17, 15) is 4.79 Å². The van der Waals surface area contributed by atoms with Crippen LogP contribution in [-0.4, -0.2) is 28.6 Å². The summed E-state index contributed by atoms with van der Waals surface area (Å²) in [5, 5.41) is 6.12. The van der Waals surface area contributed by atoms with Crippen LogP contribution in [0, 0.1) is 6.92 Å². The molecule has 34 heavy (non-hydrogen) atoms. The Bertz CT molecular complexity index is 1100. The minimum absolute atomic E-state index is 0.000881. The van der Waals surface area contributed by atoms with Crippen molar-refractivity contribution in [1.82, 2.24) is 14.9 Å². The summed E-state index contributed by atoms with van der Waals surface area (Å²) in [5.74, 6) is 1.58. The van der Waals surface area contributed by atoms with Gasteiger partial charge < -0.3 is 19.4 Å². The highest BCUT2D eigenvalue weighted by molar-refractivity contribution is 7.09. The third kappa shape index (κ3) is 5.46. The molecule has 7 heteroatoms. The van der Waals surface area contributed by atoms with Gasteiger partial charge in [0.2, 0.25) is 0 Å². The maximum atomic E-state index is 13.1. The normalized spacial score (nSPS) is 15.2. The van der Waals surface area contributed by atoms with Crippen molar-refractivity contribution in [1.29, 1.82) is 0 Å². The van der Waals surface area contributed by atoms with Crippen LogP contribution >= 0.6 is 11.3 Å². The smallest absolute Gasteiger partial charge is 0.253 e.